The first kappa shape index (κ1) is 13.4. The van der Waals surface area contributed by atoms with Gasteiger partial charge in [0.2, 0.25) is 0 Å². The normalized spacial score (nSPS) is 12.0. The van der Waals surface area contributed by atoms with E-state index in [0.717, 1.165) is 4.31 Å². The molecule has 1 N–H and O–H groups in total. The highest BCUT2D eigenvalue weighted by Crippen LogP contribution is 2.03. The van der Waals surface area contributed by atoms with Crippen LogP contribution in [0.1, 0.15) is 6.42 Å². The predicted molar refractivity (Wildman–Crippen MR) is 54.7 cm³/mol. The minimum absolute atomic E-state index is 0.0291. The van der Waals surface area contributed by atoms with E-state index in [2.05, 4.69) is 5.92 Å². The summed E-state index contributed by atoms with van der Waals surface area (Å²) in [5.74, 6) is 2.26. The van der Waals surface area contributed by atoms with E-state index >= 15 is 0 Å². The van der Waals surface area contributed by atoms with Crippen LogP contribution < -0.4 is 0 Å². The monoisotopic (exact) mass is 220 g/mol. The minimum Gasteiger partial charge on any atom is -0.396 e. The number of aliphatic hydroxyl groups excluding tert-OH is 1. The topological polar surface area (TPSA) is 60.9 Å². The van der Waals surface area contributed by atoms with Gasteiger partial charge in [-0.3, -0.25) is 0 Å². The Morgan fingerprint density at radius 2 is 1.93 bits per heavy atom. The van der Waals surface area contributed by atoms with E-state index in [-0.39, 0.29) is 19.7 Å². The lowest BCUT2D eigenvalue weighted by atomic mass is 10.5. The predicted octanol–water partition coefficient (Wildman–Crippen LogP) is -0.890. The molecule has 14 heavy (non-hydrogen) atoms. The third kappa shape index (κ3) is 3.64. The average Bonchev–Trinajstić information content (AvgIpc) is 2.14. The maximum absolute atomic E-state index is 11.6. The first-order chi connectivity index (χ1) is 6.46. The van der Waals surface area contributed by atoms with Crippen molar-refractivity contribution >= 4 is 10.2 Å². The molecule has 0 saturated heterocycles. The third-order valence-electron chi connectivity index (χ3n) is 1.73. The van der Waals surface area contributed by atoms with E-state index in [1.54, 1.807) is 0 Å². The minimum atomic E-state index is -3.46. The molecule has 6 heteroatoms. The molecule has 0 aromatic carbocycles. The lowest BCUT2D eigenvalue weighted by molar-refractivity contribution is 0.273. The maximum Gasteiger partial charge on any atom is 0.282 e. The number of terminal acetylenes is 1. The second-order valence-corrected chi connectivity index (χ2v) is 5.01. The van der Waals surface area contributed by atoms with Crippen molar-refractivity contribution in [1.82, 2.24) is 8.61 Å². The van der Waals surface area contributed by atoms with Crippen LogP contribution in [-0.2, 0) is 10.2 Å². The van der Waals surface area contributed by atoms with Gasteiger partial charge >= 0.3 is 0 Å². The summed E-state index contributed by atoms with van der Waals surface area (Å²) in [6, 6.07) is 0. The standard InChI is InChI=1S/C8H16N2O3S/c1-4-6-9(2)14(12,13)10(3)7-5-8-11/h1,11H,5-8H2,2-3H3. The van der Waals surface area contributed by atoms with Gasteiger partial charge in [-0.05, 0) is 6.42 Å². The van der Waals surface area contributed by atoms with Crippen LogP contribution in [-0.4, -0.2) is 55.9 Å². The van der Waals surface area contributed by atoms with Crippen molar-refractivity contribution in [1.29, 1.82) is 0 Å². The molecule has 0 rings (SSSR count). The molecular weight excluding hydrogens is 204 g/mol. The molecule has 0 radical (unpaired) electrons. The van der Waals surface area contributed by atoms with Crippen molar-refractivity contribution in [3.8, 4) is 12.3 Å². The fraction of sp³-hybridized carbons (Fsp3) is 0.750. The zero-order chi connectivity index (χ0) is 11.2. The first-order valence-electron chi connectivity index (χ1n) is 4.18. The van der Waals surface area contributed by atoms with Crippen LogP contribution in [0.5, 0.6) is 0 Å². The quantitative estimate of drug-likeness (QED) is 0.591. The Morgan fingerprint density at radius 1 is 1.36 bits per heavy atom. The average molecular weight is 220 g/mol. The van der Waals surface area contributed by atoms with E-state index in [1.165, 1.54) is 18.4 Å². The summed E-state index contributed by atoms with van der Waals surface area (Å²) in [5.41, 5.74) is 0. The molecule has 0 atom stereocenters. The van der Waals surface area contributed by atoms with Crippen LogP contribution in [0.3, 0.4) is 0 Å². The molecule has 0 aliphatic rings. The number of hydrogen-bond acceptors (Lipinski definition) is 3. The van der Waals surface area contributed by atoms with Gasteiger partial charge < -0.3 is 5.11 Å². The van der Waals surface area contributed by atoms with E-state index in [9.17, 15) is 8.42 Å². The number of aliphatic hydroxyl groups is 1. The number of hydrogen-bond donors (Lipinski definition) is 1. The third-order valence-corrected chi connectivity index (χ3v) is 3.62. The fourth-order valence-corrected chi connectivity index (χ4v) is 1.93. The van der Waals surface area contributed by atoms with Crippen LogP contribution in [0.2, 0.25) is 0 Å². The molecule has 0 amide bonds. The molecule has 0 saturated carbocycles. The summed E-state index contributed by atoms with van der Waals surface area (Å²) in [5, 5.41) is 8.56. The van der Waals surface area contributed by atoms with Crippen molar-refractivity contribution in [3.05, 3.63) is 0 Å². The molecule has 0 aliphatic heterocycles. The van der Waals surface area contributed by atoms with Gasteiger partial charge in [-0.1, -0.05) is 5.92 Å². The van der Waals surface area contributed by atoms with Crippen LogP contribution in [0.25, 0.3) is 0 Å². The summed E-state index contributed by atoms with van der Waals surface area (Å²) >= 11 is 0. The molecule has 5 nitrogen and oxygen atoms in total. The van der Waals surface area contributed by atoms with Gasteiger partial charge in [0.1, 0.15) is 0 Å². The van der Waals surface area contributed by atoms with Crippen molar-refractivity contribution in [3.63, 3.8) is 0 Å². The molecule has 0 spiro atoms. The van der Waals surface area contributed by atoms with Gasteiger partial charge in [0.05, 0.1) is 6.54 Å². The fourth-order valence-electron chi connectivity index (χ4n) is 0.857. The molecule has 0 unspecified atom stereocenters. The largest absolute Gasteiger partial charge is 0.396 e. The van der Waals surface area contributed by atoms with Crippen LogP contribution >= 0.6 is 0 Å². The molecule has 0 fully saturated rings. The molecule has 0 bridgehead atoms. The first-order valence-corrected chi connectivity index (χ1v) is 5.58. The molecule has 0 aromatic rings. The van der Waals surface area contributed by atoms with Crippen molar-refractivity contribution in [2.24, 2.45) is 0 Å². The summed E-state index contributed by atoms with van der Waals surface area (Å²) in [4.78, 5) is 0. The Morgan fingerprint density at radius 3 is 2.36 bits per heavy atom. The Bertz CT molecular complexity index is 294. The summed E-state index contributed by atoms with van der Waals surface area (Å²) in [6.07, 6.45) is 5.43. The van der Waals surface area contributed by atoms with Gasteiger partial charge in [0.25, 0.3) is 10.2 Å². The van der Waals surface area contributed by atoms with E-state index < -0.39 is 10.2 Å². The second kappa shape index (κ2) is 5.98. The number of rotatable bonds is 6. The molecule has 0 aliphatic carbocycles. The highest BCUT2D eigenvalue weighted by molar-refractivity contribution is 7.86. The van der Waals surface area contributed by atoms with Crippen molar-refractivity contribution < 1.29 is 13.5 Å². The Kier molecular flexibility index (Phi) is 5.72. The summed E-state index contributed by atoms with van der Waals surface area (Å²) in [6.45, 7) is 0.304. The van der Waals surface area contributed by atoms with Crippen molar-refractivity contribution in [2.75, 3.05) is 33.8 Å². The van der Waals surface area contributed by atoms with Gasteiger partial charge in [0, 0.05) is 27.2 Å². The van der Waals surface area contributed by atoms with E-state index in [1.807, 2.05) is 0 Å². The molecular formula is C8H16N2O3S. The number of nitrogens with zero attached hydrogens (tertiary/aromatic N) is 2. The summed E-state index contributed by atoms with van der Waals surface area (Å²) < 4.78 is 25.5. The maximum atomic E-state index is 11.6. The van der Waals surface area contributed by atoms with Gasteiger partial charge in [-0.25, -0.2) is 0 Å². The Balaban J connectivity index is 4.38. The molecule has 0 heterocycles. The van der Waals surface area contributed by atoms with Crippen LogP contribution in [0.4, 0.5) is 0 Å². The molecule has 82 valence electrons. The van der Waals surface area contributed by atoms with E-state index in [4.69, 9.17) is 11.5 Å². The zero-order valence-electron chi connectivity index (χ0n) is 8.47. The Hall–Kier alpha value is -0.610. The van der Waals surface area contributed by atoms with Crippen LogP contribution in [0, 0.1) is 12.3 Å². The lowest BCUT2D eigenvalue weighted by Gasteiger charge is -2.22. The highest BCUT2D eigenvalue weighted by atomic mass is 32.2. The van der Waals surface area contributed by atoms with E-state index in [0.29, 0.717) is 6.42 Å². The highest BCUT2D eigenvalue weighted by Gasteiger charge is 2.21. The Labute approximate surface area is 85.5 Å². The van der Waals surface area contributed by atoms with Crippen LogP contribution in [0.15, 0.2) is 0 Å². The zero-order valence-corrected chi connectivity index (χ0v) is 9.29. The van der Waals surface area contributed by atoms with Gasteiger partial charge in [-0.15, -0.1) is 6.42 Å². The molecule has 0 aromatic heterocycles. The SMILES string of the molecule is C#CCN(C)S(=O)(=O)N(C)CCCO. The smallest absolute Gasteiger partial charge is 0.282 e. The van der Waals surface area contributed by atoms with Crippen molar-refractivity contribution in [2.45, 2.75) is 6.42 Å². The van der Waals surface area contributed by atoms with Gasteiger partial charge in [0.15, 0.2) is 0 Å². The van der Waals surface area contributed by atoms with Gasteiger partial charge in [-0.2, -0.15) is 17.0 Å². The lowest BCUT2D eigenvalue weighted by Crippen LogP contribution is -2.40. The summed E-state index contributed by atoms with van der Waals surface area (Å²) in [7, 11) is -0.583. The second-order valence-electron chi connectivity index (χ2n) is 2.87.